The van der Waals surface area contributed by atoms with Gasteiger partial charge in [0.2, 0.25) is 0 Å². The van der Waals surface area contributed by atoms with E-state index in [2.05, 4.69) is 27.5 Å². The van der Waals surface area contributed by atoms with Gasteiger partial charge in [-0.25, -0.2) is 0 Å². The first-order chi connectivity index (χ1) is 7.29. The van der Waals surface area contributed by atoms with E-state index in [4.69, 9.17) is 0 Å². The Morgan fingerprint density at radius 2 is 2.33 bits per heavy atom. The minimum absolute atomic E-state index is 0.736. The van der Waals surface area contributed by atoms with Crippen LogP contribution in [0.2, 0.25) is 0 Å². The monoisotopic (exact) mass is 203 g/mol. The van der Waals surface area contributed by atoms with Gasteiger partial charge in [0.1, 0.15) is 0 Å². The van der Waals surface area contributed by atoms with E-state index in [9.17, 15) is 0 Å². The third-order valence-corrected chi connectivity index (χ3v) is 2.08. The van der Waals surface area contributed by atoms with Gasteiger partial charge in [0.25, 0.3) is 0 Å². The zero-order valence-electron chi connectivity index (χ0n) is 8.81. The Morgan fingerprint density at radius 1 is 1.47 bits per heavy atom. The summed E-state index contributed by atoms with van der Waals surface area (Å²) >= 11 is 0. The molecular formula is C10H13N5. The van der Waals surface area contributed by atoms with Crippen LogP contribution in [0.15, 0.2) is 24.5 Å². The maximum atomic E-state index is 4.33. The van der Waals surface area contributed by atoms with Crippen molar-refractivity contribution in [2.75, 3.05) is 5.32 Å². The van der Waals surface area contributed by atoms with Crippen LogP contribution >= 0.6 is 0 Å². The molecule has 0 spiro atoms. The Hall–Kier alpha value is -1.91. The molecule has 0 saturated heterocycles. The Balaban J connectivity index is 2.24. The number of nitrogens with zero attached hydrogens (tertiary/aromatic N) is 4. The largest absolute Gasteiger partial charge is 0.336 e. The smallest absolute Gasteiger partial charge is 0.153 e. The van der Waals surface area contributed by atoms with E-state index in [1.165, 1.54) is 0 Å². The number of anilines is 2. The predicted octanol–water partition coefficient (Wildman–Crippen LogP) is 1.52. The summed E-state index contributed by atoms with van der Waals surface area (Å²) in [5.41, 5.74) is 2.02. The summed E-state index contributed by atoms with van der Waals surface area (Å²) in [4.78, 5) is 0. The molecule has 0 unspecified atom stereocenters. The van der Waals surface area contributed by atoms with Crippen LogP contribution in [-0.2, 0) is 13.5 Å². The molecule has 2 heterocycles. The van der Waals surface area contributed by atoms with E-state index in [1.807, 2.05) is 25.4 Å². The lowest BCUT2D eigenvalue weighted by Crippen LogP contribution is -1.96. The zero-order valence-corrected chi connectivity index (χ0v) is 8.81. The van der Waals surface area contributed by atoms with Crippen molar-refractivity contribution < 1.29 is 0 Å². The molecule has 0 saturated carbocycles. The van der Waals surface area contributed by atoms with Gasteiger partial charge in [-0.3, -0.25) is 4.68 Å². The van der Waals surface area contributed by atoms with Gasteiger partial charge >= 0.3 is 0 Å². The van der Waals surface area contributed by atoms with Crippen molar-refractivity contribution in [2.24, 2.45) is 7.05 Å². The number of nitrogens with one attached hydrogen (secondary N) is 1. The molecule has 0 atom stereocenters. The molecule has 0 amide bonds. The maximum absolute atomic E-state index is 4.33. The molecule has 5 nitrogen and oxygen atoms in total. The van der Waals surface area contributed by atoms with Crippen LogP contribution in [0.5, 0.6) is 0 Å². The van der Waals surface area contributed by atoms with Gasteiger partial charge in [0.15, 0.2) is 5.82 Å². The Morgan fingerprint density at radius 3 is 3.00 bits per heavy atom. The lowest BCUT2D eigenvalue weighted by atomic mass is 10.3. The molecule has 5 heteroatoms. The lowest BCUT2D eigenvalue weighted by Gasteiger charge is -2.02. The zero-order chi connectivity index (χ0) is 10.7. The average molecular weight is 203 g/mol. The predicted molar refractivity (Wildman–Crippen MR) is 57.9 cm³/mol. The summed E-state index contributed by atoms with van der Waals surface area (Å²) < 4.78 is 1.79. The molecule has 0 aliphatic carbocycles. The number of aryl methyl sites for hydroxylation is 2. The van der Waals surface area contributed by atoms with E-state index in [0.29, 0.717) is 0 Å². The minimum Gasteiger partial charge on any atom is -0.336 e. The van der Waals surface area contributed by atoms with E-state index >= 15 is 0 Å². The molecular weight excluding hydrogens is 190 g/mol. The summed E-state index contributed by atoms with van der Waals surface area (Å²) in [6.45, 7) is 2.07. The molecule has 0 aromatic carbocycles. The van der Waals surface area contributed by atoms with Crippen LogP contribution in [0.4, 0.5) is 11.5 Å². The second kappa shape index (κ2) is 4.08. The topological polar surface area (TPSA) is 55.6 Å². The fourth-order valence-corrected chi connectivity index (χ4v) is 1.41. The van der Waals surface area contributed by atoms with Crippen LogP contribution in [-0.4, -0.2) is 20.0 Å². The maximum Gasteiger partial charge on any atom is 0.153 e. The normalized spacial score (nSPS) is 10.3. The van der Waals surface area contributed by atoms with Gasteiger partial charge in [-0.15, -0.1) is 5.10 Å². The lowest BCUT2D eigenvalue weighted by molar-refractivity contribution is 0.746. The van der Waals surface area contributed by atoms with Gasteiger partial charge in [-0.2, -0.15) is 10.2 Å². The number of hydrogen-bond acceptors (Lipinski definition) is 4. The second-order valence-corrected chi connectivity index (χ2v) is 3.25. The molecule has 78 valence electrons. The molecule has 1 N–H and O–H groups in total. The first-order valence-corrected chi connectivity index (χ1v) is 4.87. The number of rotatable bonds is 3. The van der Waals surface area contributed by atoms with Crippen molar-refractivity contribution in [1.82, 2.24) is 20.0 Å². The first-order valence-electron chi connectivity index (χ1n) is 4.87. The highest BCUT2D eigenvalue weighted by Gasteiger charge is 2.05. The highest BCUT2D eigenvalue weighted by molar-refractivity contribution is 5.57. The number of hydrogen-bond donors (Lipinski definition) is 1. The van der Waals surface area contributed by atoms with E-state index in [1.54, 1.807) is 10.9 Å². The standard InChI is InChI=1S/C10H13N5/c1-3-8-9(7-15(2)14-8)12-10-5-4-6-11-13-10/h4-7H,3H2,1-2H3,(H,12,13). The Kier molecular flexibility index (Phi) is 2.62. The van der Waals surface area contributed by atoms with Gasteiger partial charge in [-0.05, 0) is 18.6 Å². The Labute approximate surface area is 88.1 Å². The highest BCUT2D eigenvalue weighted by atomic mass is 15.3. The number of aromatic nitrogens is 4. The third-order valence-electron chi connectivity index (χ3n) is 2.08. The molecule has 0 aliphatic heterocycles. The van der Waals surface area contributed by atoms with Crippen LogP contribution in [0.1, 0.15) is 12.6 Å². The highest BCUT2D eigenvalue weighted by Crippen LogP contribution is 2.17. The summed E-state index contributed by atoms with van der Waals surface area (Å²) in [7, 11) is 1.90. The van der Waals surface area contributed by atoms with E-state index < -0.39 is 0 Å². The summed E-state index contributed by atoms with van der Waals surface area (Å²) in [6, 6.07) is 3.72. The molecule has 0 fully saturated rings. The van der Waals surface area contributed by atoms with Gasteiger partial charge < -0.3 is 5.32 Å². The fraction of sp³-hybridized carbons (Fsp3) is 0.300. The van der Waals surface area contributed by atoms with Gasteiger partial charge in [0.05, 0.1) is 11.4 Å². The van der Waals surface area contributed by atoms with Crippen molar-refractivity contribution in [1.29, 1.82) is 0 Å². The SMILES string of the molecule is CCc1nn(C)cc1Nc1cccnn1. The van der Waals surface area contributed by atoms with E-state index in [0.717, 1.165) is 23.6 Å². The summed E-state index contributed by atoms with van der Waals surface area (Å²) in [5, 5.41) is 15.3. The van der Waals surface area contributed by atoms with Crippen molar-refractivity contribution in [2.45, 2.75) is 13.3 Å². The average Bonchev–Trinajstić information content (AvgIpc) is 2.60. The summed E-state index contributed by atoms with van der Waals surface area (Å²) in [6.07, 6.45) is 4.48. The van der Waals surface area contributed by atoms with Crippen molar-refractivity contribution in [3.05, 3.63) is 30.2 Å². The molecule has 2 rings (SSSR count). The molecule has 0 bridgehead atoms. The third kappa shape index (κ3) is 2.12. The quantitative estimate of drug-likeness (QED) is 0.821. The molecule has 0 aliphatic rings. The second-order valence-electron chi connectivity index (χ2n) is 3.25. The van der Waals surface area contributed by atoms with Crippen LogP contribution in [0, 0.1) is 0 Å². The summed E-state index contributed by atoms with van der Waals surface area (Å²) in [5.74, 6) is 0.736. The molecule has 15 heavy (non-hydrogen) atoms. The van der Waals surface area contributed by atoms with Crippen LogP contribution in [0.25, 0.3) is 0 Å². The van der Waals surface area contributed by atoms with Gasteiger partial charge in [0, 0.05) is 19.4 Å². The van der Waals surface area contributed by atoms with Gasteiger partial charge in [-0.1, -0.05) is 6.92 Å². The minimum atomic E-state index is 0.736. The first kappa shape index (κ1) is 9.64. The molecule has 2 aromatic rings. The van der Waals surface area contributed by atoms with Crippen molar-refractivity contribution >= 4 is 11.5 Å². The van der Waals surface area contributed by atoms with E-state index in [-0.39, 0.29) is 0 Å². The molecule has 0 radical (unpaired) electrons. The van der Waals surface area contributed by atoms with Crippen molar-refractivity contribution in [3.8, 4) is 0 Å². The Bertz CT molecular complexity index is 434. The fourth-order valence-electron chi connectivity index (χ4n) is 1.41. The van der Waals surface area contributed by atoms with Crippen LogP contribution in [0.3, 0.4) is 0 Å². The molecule has 2 aromatic heterocycles. The van der Waals surface area contributed by atoms with Crippen LogP contribution < -0.4 is 5.32 Å². The van der Waals surface area contributed by atoms with Crippen molar-refractivity contribution in [3.63, 3.8) is 0 Å².